The predicted octanol–water partition coefficient (Wildman–Crippen LogP) is 0.908. The van der Waals surface area contributed by atoms with Crippen LogP contribution in [-0.2, 0) is 33.3 Å². The Balaban J connectivity index is 1.86. The van der Waals surface area contributed by atoms with E-state index < -0.39 is 42.9 Å². The average Bonchev–Trinajstić information content (AvgIpc) is 2.63. The van der Waals surface area contributed by atoms with Gasteiger partial charge in [0.1, 0.15) is 12.2 Å². The fourth-order valence-electron chi connectivity index (χ4n) is 3.28. The Labute approximate surface area is 151 Å². The lowest BCUT2D eigenvalue weighted by atomic mass is 9.94. The predicted molar refractivity (Wildman–Crippen MR) is 88.8 cm³/mol. The van der Waals surface area contributed by atoms with Gasteiger partial charge in [0.15, 0.2) is 18.7 Å². The molecule has 1 aromatic carbocycles. The van der Waals surface area contributed by atoms with E-state index in [9.17, 15) is 9.59 Å². The number of carbonyl (C=O) groups is 2. The molecule has 8 nitrogen and oxygen atoms in total. The lowest BCUT2D eigenvalue weighted by Crippen LogP contribution is -2.67. The van der Waals surface area contributed by atoms with Gasteiger partial charge in [-0.15, -0.1) is 0 Å². The molecule has 2 aliphatic rings. The summed E-state index contributed by atoms with van der Waals surface area (Å²) in [5.41, 5.74) is 0.852. The fourth-order valence-corrected chi connectivity index (χ4v) is 3.28. The Hall–Kier alpha value is -2.00. The molecule has 0 aliphatic carbocycles. The van der Waals surface area contributed by atoms with E-state index in [1.807, 2.05) is 30.3 Å². The number of carbonyl (C=O) groups excluding carboxylic acids is 2. The van der Waals surface area contributed by atoms with Crippen molar-refractivity contribution in [2.45, 2.75) is 50.8 Å². The minimum absolute atomic E-state index is 0.257. The van der Waals surface area contributed by atoms with E-state index in [-0.39, 0.29) is 12.5 Å². The molecule has 2 unspecified atom stereocenters. The minimum atomic E-state index is -0.836. The lowest BCUT2D eigenvalue weighted by molar-refractivity contribution is -0.341. The number of ether oxygens (including phenoxy) is 5. The number of esters is 1. The smallest absolute Gasteiger partial charge is 0.303 e. The van der Waals surface area contributed by atoms with Crippen molar-refractivity contribution in [3.63, 3.8) is 0 Å². The molecule has 0 bridgehead atoms. The third-order valence-electron chi connectivity index (χ3n) is 4.32. The highest BCUT2D eigenvalue weighted by Gasteiger charge is 2.52. The summed E-state index contributed by atoms with van der Waals surface area (Å²) < 4.78 is 28.4. The molecule has 2 saturated heterocycles. The Morgan fingerprint density at radius 3 is 2.50 bits per heavy atom. The van der Waals surface area contributed by atoms with Crippen LogP contribution in [0, 0.1) is 0 Å². The van der Waals surface area contributed by atoms with Crippen LogP contribution in [0.5, 0.6) is 0 Å². The Morgan fingerprint density at radius 1 is 1.15 bits per heavy atom. The first-order valence-corrected chi connectivity index (χ1v) is 8.44. The molecule has 8 heteroatoms. The van der Waals surface area contributed by atoms with Crippen molar-refractivity contribution in [2.24, 2.45) is 0 Å². The summed E-state index contributed by atoms with van der Waals surface area (Å²) in [6.07, 6.45) is -3.30. The number of methoxy groups -OCH3 is 1. The van der Waals surface area contributed by atoms with E-state index in [0.717, 1.165) is 5.56 Å². The SMILES string of the molecule is CO[C@H]1OC2CO[C@@H](c3ccccc3)OC2[C@H](NC(C)=O)[C@H]1OC(C)=O. The lowest BCUT2D eigenvalue weighted by Gasteiger charge is -2.48. The number of fused-ring (bicyclic) bond motifs is 1. The fraction of sp³-hybridized carbons (Fsp3) is 0.556. The van der Waals surface area contributed by atoms with Crippen molar-refractivity contribution >= 4 is 11.9 Å². The number of hydrogen-bond donors (Lipinski definition) is 1. The zero-order valence-electron chi connectivity index (χ0n) is 14.9. The summed E-state index contributed by atoms with van der Waals surface area (Å²) in [5, 5.41) is 2.82. The number of amides is 1. The monoisotopic (exact) mass is 365 g/mol. The molecular formula is C18H23NO7. The van der Waals surface area contributed by atoms with Gasteiger partial charge >= 0.3 is 5.97 Å². The summed E-state index contributed by atoms with van der Waals surface area (Å²) in [4.78, 5) is 23.3. The summed E-state index contributed by atoms with van der Waals surface area (Å²) >= 11 is 0. The molecule has 1 N–H and O–H groups in total. The van der Waals surface area contributed by atoms with Crippen LogP contribution < -0.4 is 5.32 Å². The van der Waals surface area contributed by atoms with Gasteiger partial charge < -0.3 is 29.0 Å². The normalized spacial score (nSPS) is 33.8. The quantitative estimate of drug-likeness (QED) is 0.793. The molecule has 0 saturated carbocycles. The highest BCUT2D eigenvalue weighted by Crippen LogP contribution is 2.35. The van der Waals surface area contributed by atoms with Gasteiger partial charge in [0.25, 0.3) is 0 Å². The Bertz CT molecular complexity index is 638. The standard InChI is InChI=1S/C18H23NO7/c1-10(20)19-14-15-13(25-18(22-3)16(14)24-11(2)21)9-23-17(26-15)12-7-5-4-6-8-12/h4-8,13-18H,9H2,1-3H3,(H,19,20)/t13?,14-,15?,16+,17+,18-/m0/s1. The summed E-state index contributed by atoms with van der Waals surface area (Å²) in [6.45, 7) is 2.94. The van der Waals surface area contributed by atoms with Crippen molar-refractivity contribution in [1.29, 1.82) is 0 Å². The first kappa shape index (κ1) is 18.8. The summed E-state index contributed by atoms with van der Waals surface area (Å²) in [7, 11) is 1.45. The third-order valence-corrected chi connectivity index (χ3v) is 4.32. The zero-order valence-corrected chi connectivity index (χ0v) is 14.9. The molecule has 142 valence electrons. The summed E-state index contributed by atoms with van der Waals surface area (Å²) in [5.74, 6) is -0.768. The maximum Gasteiger partial charge on any atom is 0.303 e. The van der Waals surface area contributed by atoms with Gasteiger partial charge in [0.2, 0.25) is 5.91 Å². The molecule has 2 fully saturated rings. The first-order valence-electron chi connectivity index (χ1n) is 8.44. The molecule has 6 atom stereocenters. The Morgan fingerprint density at radius 2 is 1.88 bits per heavy atom. The van der Waals surface area contributed by atoms with E-state index in [4.69, 9.17) is 23.7 Å². The molecule has 0 radical (unpaired) electrons. The van der Waals surface area contributed by atoms with Gasteiger partial charge in [0.05, 0.1) is 12.6 Å². The van der Waals surface area contributed by atoms with E-state index in [2.05, 4.69) is 5.32 Å². The maximum absolute atomic E-state index is 11.7. The number of rotatable bonds is 4. The first-order chi connectivity index (χ1) is 12.5. The molecule has 3 rings (SSSR count). The van der Waals surface area contributed by atoms with E-state index in [1.54, 1.807) is 0 Å². The van der Waals surface area contributed by atoms with E-state index in [1.165, 1.54) is 21.0 Å². The number of benzene rings is 1. The van der Waals surface area contributed by atoms with Crippen LogP contribution >= 0.6 is 0 Å². The van der Waals surface area contributed by atoms with Gasteiger partial charge in [-0.3, -0.25) is 9.59 Å². The number of hydrogen-bond acceptors (Lipinski definition) is 7. The van der Waals surface area contributed by atoms with Crippen molar-refractivity contribution < 1.29 is 33.3 Å². The van der Waals surface area contributed by atoms with Gasteiger partial charge in [-0.05, 0) is 0 Å². The highest BCUT2D eigenvalue weighted by atomic mass is 16.8. The largest absolute Gasteiger partial charge is 0.455 e. The van der Waals surface area contributed by atoms with Crippen molar-refractivity contribution in [3.8, 4) is 0 Å². The van der Waals surface area contributed by atoms with Gasteiger partial charge in [-0.1, -0.05) is 30.3 Å². The van der Waals surface area contributed by atoms with Crippen LogP contribution in [0.15, 0.2) is 30.3 Å². The number of nitrogens with one attached hydrogen (secondary N) is 1. The topological polar surface area (TPSA) is 92.3 Å². The van der Waals surface area contributed by atoms with Crippen LogP contribution in [0.1, 0.15) is 25.7 Å². The molecule has 26 heavy (non-hydrogen) atoms. The Kier molecular flexibility index (Phi) is 5.87. The van der Waals surface area contributed by atoms with E-state index >= 15 is 0 Å². The average molecular weight is 365 g/mol. The van der Waals surface area contributed by atoms with Crippen molar-refractivity contribution in [1.82, 2.24) is 5.32 Å². The maximum atomic E-state index is 11.7. The third kappa shape index (κ3) is 4.04. The summed E-state index contributed by atoms with van der Waals surface area (Å²) in [6, 6.07) is 8.83. The minimum Gasteiger partial charge on any atom is -0.455 e. The second-order valence-electron chi connectivity index (χ2n) is 6.26. The van der Waals surface area contributed by atoms with Crippen LogP contribution in [0.2, 0.25) is 0 Å². The molecule has 2 aliphatic heterocycles. The van der Waals surface area contributed by atoms with Crippen LogP contribution in [0.25, 0.3) is 0 Å². The van der Waals surface area contributed by atoms with Crippen LogP contribution in [0.3, 0.4) is 0 Å². The van der Waals surface area contributed by atoms with Gasteiger partial charge in [-0.25, -0.2) is 0 Å². The van der Waals surface area contributed by atoms with Crippen molar-refractivity contribution in [2.75, 3.05) is 13.7 Å². The second kappa shape index (κ2) is 8.13. The molecule has 1 amide bonds. The molecule has 0 spiro atoms. The van der Waals surface area contributed by atoms with Gasteiger partial charge in [-0.2, -0.15) is 0 Å². The molecule has 1 aromatic rings. The molecule has 0 aromatic heterocycles. The molecular weight excluding hydrogens is 342 g/mol. The highest BCUT2D eigenvalue weighted by molar-refractivity contribution is 5.73. The second-order valence-corrected chi connectivity index (χ2v) is 6.26. The molecule has 2 heterocycles. The van der Waals surface area contributed by atoms with E-state index in [0.29, 0.717) is 0 Å². The zero-order chi connectivity index (χ0) is 18.7. The van der Waals surface area contributed by atoms with Crippen LogP contribution in [-0.4, -0.2) is 56.2 Å². The van der Waals surface area contributed by atoms with Gasteiger partial charge in [0, 0.05) is 26.5 Å². The van der Waals surface area contributed by atoms with Crippen molar-refractivity contribution in [3.05, 3.63) is 35.9 Å². The van der Waals surface area contributed by atoms with Crippen LogP contribution in [0.4, 0.5) is 0 Å².